The molecule has 0 unspecified atom stereocenters. The molecule has 0 fully saturated rings. The van der Waals surface area contributed by atoms with Crippen LogP contribution in [0.3, 0.4) is 0 Å². The van der Waals surface area contributed by atoms with Gasteiger partial charge in [0.05, 0.1) is 6.54 Å². The average molecular weight is 410 g/mol. The lowest BCUT2D eigenvalue weighted by atomic mass is 9.98. The predicted molar refractivity (Wildman–Crippen MR) is 113 cm³/mol. The topological polar surface area (TPSA) is 85.2 Å². The summed E-state index contributed by atoms with van der Waals surface area (Å²) in [5, 5.41) is 18.8. The molecule has 4 rings (SSSR count). The number of hydrogen-bond donors (Lipinski definition) is 3. The fourth-order valence-corrected chi connectivity index (χ4v) is 3.13. The Bertz CT molecular complexity index is 1050. The Morgan fingerprint density at radius 1 is 1.04 bits per heavy atom. The molecular weight excluding hydrogens is 390 g/mol. The van der Waals surface area contributed by atoms with Gasteiger partial charge in [-0.25, -0.2) is 9.67 Å². The second kappa shape index (κ2) is 7.76. The monoisotopic (exact) mass is 409 g/mol. The second-order valence-corrected chi connectivity index (χ2v) is 8.81. The molecule has 0 bridgehead atoms. The molecular formula is C19H19N7S2. The molecule has 142 valence electrons. The van der Waals surface area contributed by atoms with E-state index in [4.69, 9.17) is 0 Å². The molecule has 0 amide bonds. The Morgan fingerprint density at radius 2 is 1.79 bits per heavy atom. The van der Waals surface area contributed by atoms with Crippen LogP contribution in [0.2, 0.25) is 0 Å². The van der Waals surface area contributed by atoms with E-state index in [2.05, 4.69) is 86.3 Å². The predicted octanol–water partition coefficient (Wildman–Crippen LogP) is 3.13. The molecule has 0 spiro atoms. The largest absolute Gasteiger partial charge is 0.248 e. The summed E-state index contributed by atoms with van der Waals surface area (Å²) in [5.41, 5.74) is 4.49. The third-order valence-corrected chi connectivity index (χ3v) is 4.73. The van der Waals surface area contributed by atoms with E-state index in [1.165, 1.54) is 5.56 Å². The first-order chi connectivity index (χ1) is 13.5. The first kappa shape index (κ1) is 18.7. The van der Waals surface area contributed by atoms with Crippen LogP contribution in [0.25, 0.3) is 11.4 Å². The highest BCUT2D eigenvalue weighted by molar-refractivity contribution is 7.99. The van der Waals surface area contributed by atoms with E-state index in [-0.39, 0.29) is 0 Å². The normalized spacial score (nSPS) is 11.7. The SMILES string of the molecule is CC(S)(S)c1ncn(Cc2ccc(Cc3ccccc3-c3nn[nH]n3)cc2)n1. The number of nitrogens with zero attached hydrogens (tertiary/aromatic N) is 6. The fourth-order valence-electron chi connectivity index (χ4n) is 2.93. The van der Waals surface area contributed by atoms with Crippen LogP contribution in [-0.2, 0) is 17.0 Å². The minimum Gasteiger partial charge on any atom is -0.248 e. The first-order valence-corrected chi connectivity index (χ1v) is 9.63. The highest BCUT2D eigenvalue weighted by Gasteiger charge is 2.21. The molecule has 0 aliphatic rings. The highest BCUT2D eigenvalue weighted by Crippen LogP contribution is 2.28. The summed E-state index contributed by atoms with van der Waals surface area (Å²) in [5.74, 6) is 1.20. The summed E-state index contributed by atoms with van der Waals surface area (Å²) in [6.07, 6.45) is 2.49. The van der Waals surface area contributed by atoms with Crippen LogP contribution in [0.4, 0.5) is 0 Å². The molecule has 4 aromatic rings. The molecule has 2 aromatic carbocycles. The second-order valence-electron chi connectivity index (χ2n) is 6.67. The number of H-pyrrole nitrogens is 1. The van der Waals surface area contributed by atoms with Crippen molar-refractivity contribution in [1.29, 1.82) is 0 Å². The average Bonchev–Trinajstić information content (AvgIpc) is 3.35. The summed E-state index contributed by atoms with van der Waals surface area (Å²) < 4.78 is 1.14. The van der Waals surface area contributed by atoms with Gasteiger partial charge in [0.2, 0.25) is 5.82 Å². The highest BCUT2D eigenvalue weighted by atomic mass is 32.2. The molecule has 28 heavy (non-hydrogen) atoms. The van der Waals surface area contributed by atoms with Gasteiger partial charge in [-0.05, 0) is 35.2 Å². The van der Waals surface area contributed by atoms with Crippen molar-refractivity contribution in [3.63, 3.8) is 0 Å². The van der Waals surface area contributed by atoms with Crippen molar-refractivity contribution in [2.75, 3.05) is 0 Å². The van der Waals surface area contributed by atoms with Gasteiger partial charge in [-0.2, -0.15) is 35.6 Å². The van der Waals surface area contributed by atoms with Gasteiger partial charge in [0.15, 0.2) is 5.82 Å². The minimum absolute atomic E-state index is 0.592. The Kier molecular flexibility index (Phi) is 5.19. The lowest BCUT2D eigenvalue weighted by Crippen LogP contribution is -2.09. The van der Waals surface area contributed by atoms with Gasteiger partial charge in [-0.1, -0.05) is 48.5 Å². The molecule has 9 heteroatoms. The summed E-state index contributed by atoms with van der Waals surface area (Å²) in [7, 11) is 0. The molecule has 0 atom stereocenters. The number of thiol groups is 2. The van der Waals surface area contributed by atoms with E-state index >= 15 is 0 Å². The maximum atomic E-state index is 4.44. The lowest BCUT2D eigenvalue weighted by molar-refractivity contribution is 0.668. The van der Waals surface area contributed by atoms with Crippen LogP contribution < -0.4 is 0 Å². The summed E-state index contributed by atoms with van der Waals surface area (Å²) in [6.45, 7) is 2.49. The number of tetrazole rings is 1. The van der Waals surface area contributed by atoms with E-state index in [0.717, 1.165) is 23.1 Å². The van der Waals surface area contributed by atoms with Crippen LogP contribution in [0.5, 0.6) is 0 Å². The maximum absolute atomic E-state index is 4.44. The molecule has 7 nitrogen and oxygen atoms in total. The molecule has 0 radical (unpaired) electrons. The van der Waals surface area contributed by atoms with Crippen molar-refractivity contribution < 1.29 is 0 Å². The van der Waals surface area contributed by atoms with Crippen molar-refractivity contribution in [2.45, 2.75) is 24.0 Å². The third-order valence-electron chi connectivity index (χ3n) is 4.33. The molecule has 1 N–H and O–H groups in total. The number of aromatic nitrogens is 7. The van der Waals surface area contributed by atoms with Crippen molar-refractivity contribution in [1.82, 2.24) is 35.4 Å². The van der Waals surface area contributed by atoms with Gasteiger partial charge >= 0.3 is 0 Å². The van der Waals surface area contributed by atoms with Crippen LogP contribution in [0.1, 0.15) is 29.4 Å². The first-order valence-electron chi connectivity index (χ1n) is 8.73. The zero-order valence-corrected chi connectivity index (χ0v) is 17.0. The Labute approximate surface area is 173 Å². The van der Waals surface area contributed by atoms with Gasteiger partial charge in [0.25, 0.3) is 0 Å². The van der Waals surface area contributed by atoms with Crippen molar-refractivity contribution >= 4 is 25.3 Å². The number of rotatable bonds is 6. The molecule has 2 aromatic heterocycles. The van der Waals surface area contributed by atoms with Crippen LogP contribution >= 0.6 is 25.3 Å². The lowest BCUT2D eigenvalue weighted by Gasteiger charge is -2.10. The fraction of sp³-hybridized carbons (Fsp3) is 0.211. The van der Waals surface area contributed by atoms with Gasteiger partial charge in [-0.3, -0.25) is 0 Å². The van der Waals surface area contributed by atoms with Gasteiger partial charge in [-0.15, -0.1) is 10.2 Å². The smallest absolute Gasteiger partial charge is 0.204 e. The third kappa shape index (κ3) is 4.26. The maximum Gasteiger partial charge on any atom is 0.204 e. The number of hydrogen-bond acceptors (Lipinski definition) is 7. The van der Waals surface area contributed by atoms with Crippen molar-refractivity contribution in [2.24, 2.45) is 0 Å². The molecule has 0 saturated heterocycles. The summed E-state index contributed by atoms with van der Waals surface area (Å²) in [6, 6.07) is 16.6. The number of benzene rings is 2. The summed E-state index contributed by atoms with van der Waals surface area (Å²) in [4.78, 5) is 4.27. The quantitative estimate of drug-likeness (QED) is 0.337. The Morgan fingerprint density at radius 3 is 2.46 bits per heavy atom. The van der Waals surface area contributed by atoms with Crippen LogP contribution in [0, 0.1) is 0 Å². The minimum atomic E-state index is -0.652. The van der Waals surface area contributed by atoms with E-state index in [1.54, 1.807) is 11.0 Å². The van der Waals surface area contributed by atoms with Gasteiger partial charge in [0, 0.05) is 5.56 Å². The van der Waals surface area contributed by atoms with E-state index < -0.39 is 4.08 Å². The van der Waals surface area contributed by atoms with Crippen molar-refractivity contribution in [3.05, 3.63) is 77.4 Å². The van der Waals surface area contributed by atoms with Crippen LogP contribution in [0.15, 0.2) is 54.9 Å². The van der Waals surface area contributed by atoms with E-state index in [0.29, 0.717) is 18.2 Å². The van der Waals surface area contributed by atoms with E-state index in [9.17, 15) is 0 Å². The molecule has 0 aliphatic heterocycles. The zero-order valence-electron chi connectivity index (χ0n) is 15.2. The number of nitrogens with one attached hydrogen (secondary N) is 1. The van der Waals surface area contributed by atoms with Crippen LogP contribution in [-0.4, -0.2) is 35.4 Å². The Balaban J connectivity index is 1.48. The van der Waals surface area contributed by atoms with E-state index in [1.807, 2.05) is 25.1 Å². The molecule has 0 aliphatic carbocycles. The van der Waals surface area contributed by atoms with Crippen molar-refractivity contribution in [3.8, 4) is 11.4 Å². The number of aromatic amines is 1. The molecule has 2 heterocycles. The van der Waals surface area contributed by atoms with Gasteiger partial charge < -0.3 is 0 Å². The van der Waals surface area contributed by atoms with Gasteiger partial charge in [0.1, 0.15) is 10.4 Å². The Hall–Kier alpha value is -2.65. The molecule has 0 saturated carbocycles. The standard InChI is InChI=1S/C19H19N7S2/c1-19(27,28)18-20-12-26(23-18)11-14-8-6-13(7-9-14)10-15-4-2-3-5-16(15)17-21-24-25-22-17/h2-9,12,27-28H,10-11H2,1H3,(H,21,22,24,25). The zero-order chi connectivity index (χ0) is 19.6. The summed E-state index contributed by atoms with van der Waals surface area (Å²) >= 11 is 8.77.